The fourth-order valence-corrected chi connectivity index (χ4v) is 3.64. The number of para-hydroxylation sites is 1. The molecule has 0 bridgehead atoms. The van der Waals surface area contributed by atoms with E-state index in [1.807, 2.05) is 31.2 Å². The molecule has 1 aliphatic heterocycles. The molecule has 30 heavy (non-hydrogen) atoms. The van der Waals surface area contributed by atoms with Crippen molar-refractivity contribution in [2.24, 2.45) is 0 Å². The molecule has 1 aromatic heterocycles. The fourth-order valence-electron chi connectivity index (χ4n) is 3.64. The number of aryl methyl sites for hydroxylation is 1. The van der Waals surface area contributed by atoms with Gasteiger partial charge in [-0.05, 0) is 37.3 Å². The maximum atomic E-state index is 13.2. The molecule has 1 N–H and O–H groups in total. The lowest BCUT2D eigenvalue weighted by molar-refractivity contribution is -0.135. The Morgan fingerprint density at radius 2 is 1.80 bits per heavy atom. The highest BCUT2D eigenvalue weighted by molar-refractivity contribution is 6.10. The van der Waals surface area contributed by atoms with Crippen LogP contribution in [0.3, 0.4) is 0 Å². The Labute approximate surface area is 174 Å². The first kappa shape index (κ1) is 19.8. The number of benzene rings is 2. The van der Waals surface area contributed by atoms with Gasteiger partial charge in [0.15, 0.2) is 11.4 Å². The summed E-state index contributed by atoms with van der Waals surface area (Å²) in [5.41, 5.74) is 0.446. The SMILES string of the molecule is Cc1ccc(OCCN2C(=O)C(O)(CC(=O)c3ccccn3)c3ccccc32)cc1. The highest BCUT2D eigenvalue weighted by Gasteiger charge is 2.50. The molecule has 152 valence electrons. The molecule has 0 fully saturated rings. The van der Waals surface area contributed by atoms with E-state index in [-0.39, 0.29) is 31.0 Å². The van der Waals surface area contributed by atoms with Crippen molar-refractivity contribution >= 4 is 17.4 Å². The van der Waals surface area contributed by atoms with Gasteiger partial charge in [0.2, 0.25) is 0 Å². The molecule has 6 heteroatoms. The molecule has 6 nitrogen and oxygen atoms in total. The number of anilines is 1. The Bertz CT molecular complexity index is 1070. The van der Waals surface area contributed by atoms with Crippen molar-refractivity contribution in [3.8, 4) is 5.75 Å². The smallest absolute Gasteiger partial charge is 0.264 e. The average Bonchev–Trinajstić information content (AvgIpc) is 2.97. The normalized spacial score (nSPS) is 17.7. The molecule has 1 unspecified atom stereocenters. The zero-order chi connectivity index (χ0) is 21.1. The summed E-state index contributed by atoms with van der Waals surface area (Å²) >= 11 is 0. The standard InChI is InChI=1S/C24H22N2O4/c1-17-9-11-18(12-10-17)30-15-14-26-21-8-3-2-6-19(21)24(29,23(26)28)16-22(27)20-7-4-5-13-25-20/h2-13,29H,14-16H2,1H3. The minimum atomic E-state index is -1.92. The number of pyridine rings is 1. The topological polar surface area (TPSA) is 79.7 Å². The molecule has 1 amide bonds. The van der Waals surface area contributed by atoms with Crippen molar-refractivity contribution in [2.75, 3.05) is 18.1 Å². The van der Waals surface area contributed by atoms with Gasteiger partial charge in [-0.3, -0.25) is 14.6 Å². The first-order valence-electron chi connectivity index (χ1n) is 9.76. The third-order valence-corrected chi connectivity index (χ3v) is 5.21. The summed E-state index contributed by atoms with van der Waals surface area (Å²) in [4.78, 5) is 31.4. The lowest BCUT2D eigenvalue weighted by Gasteiger charge is -2.22. The summed E-state index contributed by atoms with van der Waals surface area (Å²) in [7, 11) is 0. The molecule has 1 aliphatic rings. The molecule has 0 aliphatic carbocycles. The molecule has 0 spiro atoms. The number of nitrogens with zero attached hydrogens (tertiary/aromatic N) is 2. The van der Waals surface area contributed by atoms with Gasteiger partial charge in [-0.25, -0.2) is 0 Å². The molecule has 3 aromatic rings. The van der Waals surface area contributed by atoms with Crippen LogP contribution in [0, 0.1) is 6.92 Å². The monoisotopic (exact) mass is 402 g/mol. The van der Waals surface area contributed by atoms with E-state index in [1.165, 1.54) is 11.1 Å². The van der Waals surface area contributed by atoms with Crippen LogP contribution >= 0.6 is 0 Å². The van der Waals surface area contributed by atoms with Crippen LogP contribution in [-0.2, 0) is 10.4 Å². The van der Waals surface area contributed by atoms with E-state index in [2.05, 4.69) is 4.98 Å². The molecular weight excluding hydrogens is 380 g/mol. The Morgan fingerprint density at radius 3 is 2.53 bits per heavy atom. The van der Waals surface area contributed by atoms with Crippen LogP contribution in [0.15, 0.2) is 72.9 Å². The molecule has 2 heterocycles. The molecule has 2 aromatic carbocycles. The van der Waals surface area contributed by atoms with Crippen LogP contribution in [0.5, 0.6) is 5.75 Å². The Morgan fingerprint density at radius 1 is 1.07 bits per heavy atom. The highest BCUT2D eigenvalue weighted by atomic mass is 16.5. The average molecular weight is 402 g/mol. The summed E-state index contributed by atoms with van der Waals surface area (Å²) in [6.45, 7) is 2.51. The summed E-state index contributed by atoms with van der Waals surface area (Å²) in [6, 6.07) is 19.6. The Hall–Kier alpha value is -3.51. The van der Waals surface area contributed by atoms with Crippen LogP contribution in [0.2, 0.25) is 0 Å². The number of aliphatic hydroxyl groups is 1. The van der Waals surface area contributed by atoms with Crippen LogP contribution < -0.4 is 9.64 Å². The van der Waals surface area contributed by atoms with Crippen LogP contribution in [0.25, 0.3) is 0 Å². The number of Topliss-reactive ketones (excluding diaryl/α,β-unsaturated/α-hetero) is 1. The summed E-state index contributed by atoms with van der Waals surface area (Å²) < 4.78 is 5.75. The number of ether oxygens (including phenoxy) is 1. The zero-order valence-electron chi connectivity index (χ0n) is 16.6. The molecular formula is C24H22N2O4. The highest BCUT2D eigenvalue weighted by Crippen LogP contribution is 2.42. The van der Waals surface area contributed by atoms with Gasteiger partial charge in [-0.2, -0.15) is 0 Å². The van der Waals surface area contributed by atoms with Crippen molar-refractivity contribution in [3.05, 3.63) is 89.7 Å². The van der Waals surface area contributed by atoms with Gasteiger partial charge < -0.3 is 14.7 Å². The third kappa shape index (κ3) is 3.69. The van der Waals surface area contributed by atoms with Gasteiger partial charge in [-0.15, -0.1) is 0 Å². The minimum absolute atomic E-state index is 0.220. The number of hydrogen-bond acceptors (Lipinski definition) is 5. The van der Waals surface area contributed by atoms with Crippen molar-refractivity contribution < 1.29 is 19.4 Å². The zero-order valence-corrected chi connectivity index (χ0v) is 16.6. The number of amides is 1. The lowest BCUT2D eigenvalue weighted by atomic mass is 9.89. The predicted octanol–water partition coefficient (Wildman–Crippen LogP) is 3.28. The van der Waals surface area contributed by atoms with E-state index in [4.69, 9.17) is 4.74 Å². The van der Waals surface area contributed by atoms with E-state index in [1.54, 1.807) is 42.5 Å². The first-order chi connectivity index (χ1) is 14.5. The Kier molecular flexibility index (Phi) is 5.33. The van der Waals surface area contributed by atoms with Gasteiger partial charge >= 0.3 is 0 Å². The number of hydrogen-bond donors (Lipinski definition) is 1. The number of carbonyl (C=O) groups excluding carboxylic acids is 2. The van der Waals surface area contributed by atoms with Gasteiger partial charge in [0.1, 0.15) is 18.1 Å². The molecule has 0 saturated carbocycles. The van der Waals surface area contributed by atoms with E-state index < -0.39 is 11.5 Å². The minimum Gasteiger partial charge on any atom is -0.492 e. The number of fused-ring (bicyclic) bond motifs is 1. The van der Waals surface area contributed by atoms with Crippen molar-refractivity contribution in [2.45, 2.75) is 18.9 Å². The third-order valence-electron chi connectivity index (χ3n) is 5.21. The van der Waals surface area contributed by atoms with Gasteiger partial charge in [0.05, 0.1) is 18.7 Å². The molecule has 4 rings (SSSR count). The number of ketones is 1. The van der Waals surface area contributed by atoms with Gasteiger partial charge in [-0.1, -0.05) is 42.0 Å². The van der Waals surface area contributed by atoms with Crippen LogP contribution in [-0.4, -0.2) is 34.9 Å². The summed E-state index contributed by atoms with van der Waals surface area (Å²) in [5.74, 6) is -0.208. The second kappa shape index (κ2) is 8.08. The maximum Gasteiger partial charge on any atom is 0.264 e. The van der Waals surface area contributed by atoms with Gasteiger partial charge in [0, 0.05) is 11.8 Å². The van der Waals surface area contributed by atoms with E-state index >= 15 is 0 Å². The van der Waals surface area contributed by atoms with Crippen molar-refractivity contribution in [1.82, 2.24) is 4.98 Å². The first-order valence-corrected chi connectivity index (χ1v) is 9.76. The van der Waals surface area contributed by atoms with E-state index in [9.17, 15) is 14.7 Å². The predicted molar refractivity (Wildman–Crippen MR) is 113 cm³/mol. The second-order valence-electron chi connectivity index (χ2n) is 7.31. The lowest BCUT2D eigenvalue weighted by Crippen LogP contribution is -2.43. The fraction of sp³-hybridized carbons (Fsp3) is 0.208. The number of aromatic nitrogens is 1. The number of carbonyl (C=O) groups is 2. The molecule has 1 atom stereocenters. The Balaban J connectivity index is 1.53. The van der Waals surface area contributed by atoms with Crippen molar-refractivity contribution in [1.29, 1.82) is 0 Å². The largest absolute Gasteiger partial charge is 0.492 e. The number of rotatable bonds is 7. The summed E-state index contributed by atoms with van der Waals surface area (Å²) in [6.07, 6.45) is 1.14. The van der Waals surface area contributed by atoms with Crippen molar-refractivity contribution in [3.63, 3.8) is 0 Å². The quantitative estimate of drug-likeness (QED) is 0.614. The van der Waals surface area contributed by atoms with Gasteiger partial charge in [0.25, 0.3) is 5.91 Å². The summed E-state index contributed by atoms with van der Waals surface area (Å²) in [5, 5.41) is 11.3. The maximum absolute atomic E-state index is 13.2. The van der Waals surface area contributed by atoms with E-state index in [0.29, 0.717) is 17.0 Å². The molecule has 0 radical (unpaired) electrons. The second-order valence-corrected chi connectivity index (χ2v) is 7.31. The van der Waals surface area contributed by atoms with E-state index in [0.717, 1.165) is 5.56 Å². The molecule has 0 saturated heterocycles. The van der Waals surface area contributed by atoms with Crippen LogP contribution in [0.4, 0.5) is 5.69 Å². The van der Waals surface area contributed by atoms with Crippen LogP contribution in [0.1, 0.15) is 28.0 Å².